The summed E-state index contributed by atoms with van der Waals surface area (Å²) in [5.74, 6) is 0.693. The molecule has 0 unspecified atom stereocenters. The number of methoxy groups -OCH3 is 1. The lowest BCUT2D eigenvalue weighted by Crippen LogP contribution is -2.14. The molecule has 0 aliphatic carbocycles. The lowest BCUT2D eigenvalue weighted by atomic mass is 10.1. The number of thioether (sulfide) groups is 1. The summed E-state index contributed by atoms with van der Waals surface area (Å²) < 4.78 is 6.15. The van der Waals surface area contributed by atoms with E-state index >= 15 is 0 Å². The molecule has 0 saturated carbocycles. The Balaban J connectivity index is 1.62. The Morgan fingerprint density at radius 2 is 2.00 bits per heavy atom. The molecule has 0 radical (unpaired) electrons. The second kappa shape index (κ2) is 8.78. The Morgan fingerprint density at radius 1 is 1.26 bits per heavy atom. The van der Waals surface area contributed by atoms with Crippen LogP contribution in [0.4, 0.5) is 5.69 Å². The van der Waals surface area contributed by atoms with Gasteiger partial charge < -0.3 is 10.1 Å². The summed E-state index contributed by atoms with van der Waals surface area (Å²) in [6.07, 6.45) is 0. The van der Waals surface area contributed by atoms with Crippen molar-refractivity contribution in [2.75, 3.05) is 18.2 Å². The van der Waals surface area contributed by atoms with E-state index < -0.39 is 0 Å². The van der Waals surface area contributed by atoms with Crippen LogP contribution in [0.15, 0.2) is 46.1 Å². The fourth-order valence-electron chi connectivity index (χ4n) is 2.42. The van der Waals surface area contributed by atoms with E-state index in [0.29, 0.717) is 16.5 Å². The first-order chi connectivity index (χ1) is 13.0. The molecular formula is C20H19ClN2O2S2. The predicted molar refractivity (Wildman–Crippen MR) is 114 cm³/mol. The third kappa shape index (κ3) is 5.03. The number of rotatable bonds is 6. The van der Waals surface area contributed by atoms with E-state index in [0.717, 1.165) is 21.2 Å². The van der Waals surface area contributed by atoms with Crippen molar-refractivity contribution < 1.29 is 9.53 Å². The summed E-state index contributed by atoms with van der Waals surface area (Å²) in [4.78, 5) is 16.9. The van der Waals surface area contributed by atoms with E-state index in [1.807, 2.05) is 18.4 Å². The van der Waals surface area contributed by atoms with Gasteiger partial charge in [0.05, 0.1) is 24.2 Å². The average Bonchev–Trinajstić information content (AvgIpc) is 3.12. The minimum atomic E-state index is -0.118. The molecule has 0 fully saturated rings. The molecule has 1 aromatic heterocycles. The first kappa shape index (κ1) is 19.7. The van der Waals surface area contributed by atoms with Crippen LogP contribution in [0.25, 0.3) is 11.3 Å². The van der Waals surface area contributed by atoms with Crippen molar-refractivity contribution in [1.82, 2.24) is 4.98 Å². The first-order valence-electron chi connectivity index (χ1n) is 8.25. The maximum absolute atomic E-state index is 12.3. The molecule has 1 amide bonds. The number of aromatic nitrogens is 1. The number of carbonyl (C=O) groups excluding carboxylic acids is 1. The molecule has 0 aliphatic heterocycles. The Hall–Kier alpha value is -2.02. The predicted octanol–water partition coefficient (Wildman–Crippen LogP) is 5.82. The van der Waals surface area contributed by atoms with Crippen LogP contribution in [0.5, 0.6) is 5.75 Å². The molecular weight excluding hydrogens is 400 g/mol. The zero-order valence-electron chi connectivity index (χ0n) is 15.2. The van der Waals surface area contributed by atoms with Gasteiger partial charge in [-0.3, -0.25) is 4.79 Å². The Labute approximate surface area is 171 Å². The topological polar surface area (TPSA) is 51.2 Å². The molecule has 0 bridgehead atoms. The van der Waals surface area contributed by atoms with Crippen LogP contribution in [-0.4, -0.2) is 23.8 Å². The highest BCUT2D eigenvalue weighted by atomic mass is 35.5. The smallest absolute Gasteiger partial charge is 0.234 e. The lowest BCUT2D eigenvalue weighted by Gasteiger charge is -2.12. The molecule has 0 atom stereocenters. The maximum Gasteiger partial charge on any atom is 0.234 e. The number of benzene rings is 2. The van der Waals surface area contributed by atoms with Crippen LogP contribution in [-0.2, 0) is 4.79 Å². The fourth-order valence-corrected chi connectivity index (χ4v) is 4.21. The standard InChI is InChI=1S/C20H19ClN2O2S2/c1-12-4-6-14(7-5-12)17-10-26-20(23-17)27-11-19(24)22-16-8-13(2)15(21)9-18(16)25-3/h4-10H,11H2,1-3H3,(H,22,24). The van der Waals surface area contributed by atoms with E-state index in [-0.39, 0.29) is 11.7 Å². The third-order valence-corrected chi connectivity index (χ3v) is 6.34. The van der Waals surface area contributed by atoms with E-state index in [2.05, 4.69) is 41.5 Å². The zero-order valence-corrected chi connectivity index (χ0v) is 17.6. The van der Waals surface area contributed by atoms with Gasteiger partial charge in [0.1, 0.15) is 5.75 Å². The van der Waals surface area contributed by atoms with Crippen molar-refractivity contribution in [3.63, 3.8) is 0 Å². The first-order valence-corrected chi connectivity index (χ1v) is 10.5. The van der Waals surface area contributed by atoms with Crippen molar-refractivity contribution in [2.45, 2.75) is 18.2 Å². The quantitative estimate of drug-likeness (QED) is 0.512. The summed E-state index contributed by atoms with van der Waals surface area (Å²) in [5, 5.41) is 5.49. The number of nitrogens with one attached hydrogen (secondary N) is 1. The number of halogens is 1. The molecule has 4 nitrogen and oxygen atoms in total. The number of thiazole rings is 1. The normalized spacial score (nSPS) is 10.7. The maximum atomic E-state index is 12.3. The second-order valence-electron chi connectivity index (χ2n) is 6.00. The monoisotopic (exact) mass is 418 g/mol. The van der Waals surface area contributed by atoms with Crippen LogP contribution in [0, 0.1) is 13.8 Å². The third-order valence-electron chi connectivity index (χ3n) is 3.91. The number of ether oxygens (including phenoxy) is 1. The highest BCUT2D eigenvalue weighted by Gasteiger charge is 2.12. The Morgan fingerprint density at radius 3 is 2.70 bits per heavy atom. The van der Waals surface area contributed by atoms with E-state index in [1.165, 1.54) is 28.7 Å². The van der Waals surface area contributed by atoms with Crippen molar-refractivity contribution >= 4 is 46.3 Å². The van der Waals surface area contributed by atoms with Crippen LogP contribution < -0.4 is 10.1 Å². The molecule has 7 heteroatoms. The molecule has 3 rings (SSSR count). The summed E-state index contributed by atoms with van der Waals surface area (Å²) in [6, 6.07) is 11.8. The van der Waals surface area contributed by atoms with Crippen molar-refractivity contribution in [3.05, 3.63) is 57.9 Å². The van der Waals surface area contributed by atoms with Gasteiger partial charge in [0.2, 0.25) is 5.91 Å². The largest absolute Gasteiger partial charge is 0.495 e. The SMILES string of the molecule is COc1cc(Cl)c(C)cc1NC(=O)CSc1nc(-c2ccc(C)cc2)cs1. The Kier molecular flexibility index (Phi) is 6.42. The van der Waals surface area contributed by atoms with Gasteiger partial charge in [-0.15, -0.1) is 11.3 Å². The molecule has 3 aromatic rings. The average molecular weight is 419 g/mol. The summed E-state index contributed by atoms with van der Waals surface area (Å²) >= 11 is 9.05. The number of hydrogen-bond acceptors (Lipinski definition) is 5. The van der Waals surface area contributed by atoms with Crippen molar-refractivity contribution in [3.8, 4) is 17.0 Å². The van der Waals surface area contributed by atoms with E-state index in [4.69, 9.17) is 16.3 Å². The Bertz CT molecular complexity index is 955. The number of hydrogen-bond donors (Lipinski definition) is 1. The molecule has 0 spiro atoms. The van der Waals surface area contributed by atoms with Crippen LogP contribution in [0.3, 0.4) is 0 Å². The molecule has 1 N–H and O–H groups in total. The van der Waals surface area contributed by atoms with Gasteiger partial charge in [-0.25, -0.2) is 4.98 Å². The highest BCUT2D eigenvalue weighted by Crippen LogP contribution is 2.32. The lowest BCUT2D eigenvalue weighted by molar-refractivity contribution is -0.113. The summed E-state index contributed by atoms with van der Waals surface area (Å²) in [6.45, 7) is 3.94. The number of carbonyl (C=O) groups is 1. The molecule has 0 saturated heterocycles. The van der Waals surface area contributed by atoms with E-state index in [9.17, 15) is 4.79 Å². The van der Waals surface area contributed by atoms with Crippen molar-refractivity contribution in [2.24, 2.45) is 0 Å². The van der Waals surface area contributed by atoms with Crippen LogP contribution in [0.1, 0.15) is 11.1 Å². The summed E-state index contributed by atoms with van der Waals surface area (Å²) in [5.41, 5.74) is 4.72. The highest BCUT2D eigenvalue weighted by molar-refractivity contribution is 8.01. The van der Waals surface area contributed by atoms with Gasteiger partial charge in [-0.05, 0) is 25.5 Å². The molecule has 1 heterocycles. The van der Waals surface area contributed by atoms with Crippen LogP contribution in [0.2, 0.25) is 5.02 Å². The molecule has 140 valence electrons. The zero-order chi connectivity index (χ0) is 19.4. The molecule has 27 heavy (non-hydrogen) atoms. The fraction of sp³-hybridized carbons (Fsp3) is 0.200. The van der Waals surface area contributed by atoms with Gasteiger partial charge in [-0.2, -0.15) is 0 Å². The number of nitrogens with zero attached hydrogens (tertiary/aromatic N) is 1. The number of anilines is 1. The van der Waals surface area contributed by atoms with Gasteiger partial charge in [0.25, 0.3) is 0 Å². The minimum Gasteiger partial charge on any atom is -0.495 e. The number of aryl methyl sites for hydroxylation is 2. The van der Waals surface area contributed by atoms with Gasteiger partial charge in [-0.1, -0.05) is 53.2 Å². The minimum absolute atomic E-state index is 0.118. The van der Waals surface area contributed by atoms with Crippen LogP contribution >= 0.6 is 34.7 Å². The van der Waals surface area contributed by atoms with Gasteiger partial charge in [0.15, 0.2) is 4.34 Å². The van der Waals surface area contributed by atoms with Crippen molar-refractivity contribution in [1.29, 1.82) is 0 Å². The van der Waals surface area contributed by atoms with Gasteiger partial charge >= 0.3 is 0 Å². The van der Waals surface area contributed by atoms with E-state index in [1.54, 1.807) is 13.2 Å². The molecule has 2 aromatic carbocycles. The summed E-state index contributed by atoms with van der Waals surface area (Å²) in [7, 11) is 1.55. The number of amides is 1. The second-order valence-corrected chi connectivity index (χ2v) is 8.49. The molecule has 0 aliphatic rings. The van der Waals surface area contributed by atoms with Gasteiger partial charge in [0, 0.05) is 22.0 Å².